The van der Waals surface area contributed by atoms with Gasteiger partial charge in [0.05, 0.1) is 6.61 Å². The first-order chi connectivity index (χ1) is 7.77. The van der Waals surface area contributed by atoms with Gasteiger partial charge in [-0.15, -0.1) is 0 Å². The van der Waals surface area contributed by atoms with Crippen molar-refractivity contribution in [2.75, 3.05) is 6.61 Å². The van der Waals surface area contributed by atoms with Crippen LogP contribution in [0.5, 0.6) is 5.75 Å². The van der Waals surface area contributed by atoms with Crippen LogP contribution >= 0.6 is 0 Å². The lowest BCUT2D eigenvalue weighted by Gasteiger charge is -2.25. The second-order valence-electron chi connectivity index (χ2n) is 4.76. The molecule has 1 fully saturated rings. The average Bonchev–Trinajstić information content (AvgIpc) is 2.22. The second-order valence-corrected chi connectivity index (χ2v) is 4.76. The fraction of sp³-hybridized carbons (Fsp3) is 0.571. The first-order valence-corrected chi connectivity index (χ1v) is 6.24. The van der Waals surface area contributed by atoms with E-state index in [4.69, 9.17) is 10.5 Å². The van der Waals surface area contributed by atoms with Crippen molar-refractivity contribution >= 4 is 0 Å². The molecule has 0 amide bonds. The molecule has 0 radical (unpaired) electrons. The van der Waals surface area contributed by atoms with Crippen molar-refractivity contribution in [3.8, 4) is 5.75 Å². The van der Waals surface area contributed by atoms with E-state index in [2.05, 4.69) is 0 Å². The Kier molecular flexibility index (Phi) is 3.83. The molecule has 0 saturated heterocycles. The van der Waals surface area contributed by atoms with Crippen LogP contribution in [0.1, 0.15) is 44.2 Å². The lowest BCUT2D eigenvalue weighted by Crippen LogP contribution is -2.15. The fourth-order valence-corrected chi connectivity index (χ4v) is 2.11. The predicted octanol–water partition coefficient (Wildman–Crippen LogP) is 3.28. The molecule has 1 atom stereocenters. The summed E-state index contributed by atoms with van der Waals surface area (Å²) in [4.78, 5) is 0. The standard InChI is InChI=1S/C14H21NO/c1-11(15)13-7-2-3-8-14(13)16-10-9-12-5-4-6-12/h2-3,7-8,11-12H,4-6,9-10,15H2,1H3/t11-/m0/s1. The third-order valence-electron chi connectivity index (χ3n) is 3.42. The molecule has 2 heteroatoms. The van der Waals surface area contributed by atoms with Crippen molar-refractivity contribution in [2.45, 2.75) is 38.6 Å². The molecule has 0 heterocycles. The molecular weight excluding hydrogens is 198 g/mol. The molecule has 88 valence electrons. The number of ether oxygens (including phenoxy) is 1. The van der Waals surface area contributed by atoms with Crippen molar-refractivity contribution in [3.63, 3.8) is 0 Å². The van der Waals surface area contributed by atoms with Crippen LogP contribution in [0.3, 0.4) is 0 Å². The predicted molar refractivity (Wildman–Crippen MR) is 66.5 cm³/mol. The molecule has 0 aromatic heterocycles. The van der Waals surface area contributed by atoms with Gasteiger partial charge >= 0.3 is 0 Å². The summed E-state index contributed by atoms with van der Waals surface area (Å²) in [5, 5.41) is 0. The molecule has 0 bridgehead atoms. The minimum Gasteiger partial charge on any atom is -0.493 e. The summed E-state index contributed by atoms with van der Waals surface area (Å²) in [6, 6.07) is 8.12. The maximum Gasteiger partial charge on any atom is 0.124 e. The van der Waals surface area contributed by atoms with E-state index in [1.54, 1.807) is 0 Å². The fourth-order valence-electron chi connectivity index (χ4n) is 2.11. The van der Waals surface area contributed by atoms with E-state index in [9.17, 15) is 0 Å². The SMILES string of the molecule is C[C@H](N)c1ccccc1OCCC1CCC1. The average molecular weight is 219 g/mol. The maximum atomic E-state index is 5.90. The Labute approximate surface area is 97.8 Å². The smallest absolute Gasteiger partial charge is 0.124 e. The van der Waals surface area contributed by atoms with Gasteiger partial charge in [-0.1, -0.05) is 37.5 Å². The third-order valence-corrected chi connectivity index (χ3v) is 3.42. The molecule has 0 unspecified atom stereocenters. The van der Waals surface area contributed by atoms with Gasteiger partial charge in [0, 0.05) is 11.6 Å². The molecule has 0 spiro atoms. The molecule has 1 aromatic rings. The van der Waals surface area contributed by atoms with Crippen LogP contribution in [-0.2, 0) is 0 Å². The van der Waals surface area contributed by atoms with Gasteiger partial charge in [0.15, 0.2) is 0 Å². The summed E-state index contributed by atoms with van der Waals surface area (Å²) in [6.45, 7) is 2.82. The number of hydrogen-bond donors (Lipinski definition) is 1. The van der Waals surface area contributed by atoms with Crippen LogP contribution < -0.4 is 10.5 Å². The monoisotopic (exact) mass is 219 g/mol. The second kappa shape index (κ2) is 5.35. The number of para-hydroxylation sites is 1. The highest BCUT2D eigenvalue weighted by Gasteiger charge is 2.17. The summed E-state index contributed by atoms with van der Waals surface area (Å²) in [7, 11) is 0. The van der Waals surface area contributed by atoms with Crippen molar-refractivity contribution in [2.24, 2.45) is 11.7 Å². The molecule has 1 aliphatic carbocycles. The van der Waals surface area contributed by atoms with E-state index in [-0.39, 0.29) is 6.04 Å². The minimum atomic E-state index is 0.0416. The zero-order valence-corrected chi connectivity index (χ0v) is 9.99. The molecule has 0 aliphatic heterocycles. The van der Waals surface area contributed by atoms with Crippen LogP contribution in [0.4, 0.5) is 0 Å². The largest absolute Gasteiger partial charge is 0.493 e. The first-order valence-electron chi connectivity index (χ1n) is 6.24. The van der Waals surface area contributed by atoms with Gasteiger partial charge in [-0.05, 0) is 25.3 Å². The van der Waals surface area contributed by atoms with Gasteiger partial charge in [0.25, 0.3) is 0 Å². The van der Waals surface area contributed by atoms with Crippen LogP contribution in [0, 0.1) is 5.92 Å². The molecule has 16 heavy (non-hydrogen) atoms. The Morgan fingerprint density at radius 2 is 2.12 bits per heavy atom. The number of hydrogen-bond acceptors (Lipinski definition) is 2. The van der Waals surface area contributed by atoms with Gasteiger partial charge < -0.3 is 10.5 Å². The Balaban J connectivity index is 1.87. The Morgan fingerprint density at radius 3 is 2.75 bits per heavy atom. The molecule has 1 aromatic carbocycles. The van der Waals surface area contributed by atoms with E-state index >= 15 is 0 Å². The normalized spacial score (nSPS) is 17.9. The summed E-state index contributed by atoms with van der Waals surface area (Å²) in [5.74, 6) is 1.86. The summed E-state index contributed by atoms with van der Waals surface area (Å²) in [5.41, 5.74) is 7.01. The molecule has 2 nitrogen and oxygen atoms in total. The highest BCUT2D eigenvalue weighted by Crippen LogP contribution is 2.30. The van der Waals surface area contributed by atoms with Crippen molar-refractivity contribution < 1.29 is 4.74 Å². The van der Waals surface area contributed by atoms with Gasteiger partial charge in [0.1, 0.15) is 5.75 Å². The number of benzene rings is 1. The quantitative estimate of drug-likeness (QED) is 0.824. The van der Waals surface area contributed by atoms with E-state index in [0.717, 1.165) is 23.8 Å². The van der Waals surface area contributed by atoms with Gasteiger partial charge in [-0.3, -0.25) is 0 Å². The maximum absolute atomic E-state index is 5.90. The van der Waals surface area contributed by atoms with Crippen LogP contribution in [0.25, 0.3) is 0 Å². The van der Waals surface area contributed by atoms with Crippen molar-refractivity contribution in [3.05, 3.63) is 29.8 Å². The van der Waals surface area contributed by atoms with E-state index in [1.165, 1.54) is 25.7 Å². The molecule has 2 N–H and O–H groups in total. The summed E-state index contributed by atoms with van der Waals surface area (Å²) >= 11 is 0. The molecule has 1 saturated carbocycles. The Hall–Kier alpha value is -1.02. The van der Waals surface area contributed by atoms with Gasteiger partial charge in [0.2, 0.25) is 0 Å². The van der Waals surface area contributed by atoms with Gasteiger partial charge in [-0.25, -0.2) is 0 Å². The zero-order chi connectivity index (χ0) is 11.4. The highest BCUT2D eigenvalue weighted by molar-refractivity contribution is 5.35. The van der Waals surface area contributed by atoms with Crippen LogP contribution in [-0.4, -0.2) is 6.61 Å². The molecule has 1 aliphatic rings. The highest BCUT2D eigenvalue weighted by atomic mass is 16.5. The lowest BCUT2D eigenvalue weighted by atomic mass is 9.83. The van der Waals surface area contributed by atoms with E-state index in [1.807, 2.05) is 31.2 Å². The van der Waals surface area contributed by atoms with Crippen molar-refractivity contribution in [1.29, 1.82) is 0 Å². The van der Waals surface area contributed by atoms with Crippen LogP contribution in [0.2, 0.25) is 0 Å². The third kappa shape index (κ3) is 2.76. The van der Waals surface area contributed by atoms with Gasteiger partial charge in [-0.2, -0.15) is 0 Å². The minimum absolute atomic E-state index is 0.0416. The van der Waals surface area contributed by atoms with Crippen molar-refractivity contribution in [1.82, 2.24) is 0 Å². The Bertz CT molecular complexity index is 331. The summed E-state index contributed by atoms with van der Waals surface area (Å²) in [6.07, 6.45) is 5.37. The van der Waals surface area contributed by atoms with E-state index < -0.39 is 0 Å². The first kappa shape index (κ1) is 11.5. The molecular formula is C14H21NO. The zero-order valence-electron chi connectivity index (χ0n) is 9.99. The lowest BCUT2D eigenvalue weighted by molar-refractivity contribution is 0.220. The van der Waals surface area contributed by atoms with Crippen LogP contribution in [0.15, 0.2) is 24.3 Å². The Morgan fingerprint density at radius 1 is 1.38 bits per heavy atom. The number of rotatable bonds is 5. The topological polar surface area (TPSA) is 35.2 Å². The number of nitrogens with two attached hydrogens (primary N) is 1. The molecule has 2 rings (SSSR count). The van der Waals surface area contributed by atoms with E-state index in [0.29, 0.717) is 0 Å². The summed E-state index contributed by atoms with van der Waals surface area (Å²) < 4.78 is 5.82.